The standard InChI is InChI=1S/C22H23F3N6O/c1-3-16-13(2)17-10-30(11-18(17)31-20(16)27-12-28-31)21(32)14-5-7-29(9-14)15-4-6-26-19(8-15)22(23,24)25/h4,6,8,12,14H,3,5,7,9-11H2,1-2H3. The van der Waals surface area contributed by atoms with E-state index in [0.29, 0.717) is 38.3 Å². The third-order valence-corrected chi connectivity index (χ3v) is 6.62. The second-order valence-electron chi connectivity index (χ2n) is 8.40. The Kier molecular flexibility index (Phi) is 4.83. The number of halogens is 3. The van der Waals surface area contributed by atoms with Gasteiger partial charge in [0.15, 0.2) is 5.65 Å². The van der Waals surface area contributed by atoms with E-state index >= 15 is 0 Å². The number of amides is 1. The topological polar surface area (TPSA) is 66.6 Å². The van der Waals surface area contributed by atoms with Crippen molar-refractivity contribution in [3.05, 3.63) is 52.7 Å². The Morgan fingerprint density at radius 2 is 2.06 bits per heavy atom. The number of carbonyl (C=O) groups is 1. The largest absolute Gasteiger partial charge is 0.433 e. The molecule has 2 aliphatic rings. The molecular formula is C22H23F3N6O. The van der Waals surface area contributed by atoms with E-state index in [-0.39, 0.29) is 11.8 Å². The van der Waals surface area contributed by atoms with Crippen LogP contribution in [0.5, 0.6) is 0 Å². The number of pyridine rings is 2. The summed E-state index contributed by atoms with van der Waals surface area (Å²) in [5.41, 5.74) is 4.76. The van der Waals surface area contributed by atoms with Crippen LogP contribution in [0, 0.1) is 12.8 Å². The van der Waals surface area contributed by atoms with Crippen LogP contribution in [0.15, 0.2) is 24.7 Å². The highest BCUT2D eigenvalue weighted by Crippen LogP contribution is 2.34. The fraction of sp³-hybridized carbons (Fsp3) is 0.455. The number of rotatable bonds is 3. The van der Waals surface area contributed by atoms with Crippen molar-refractivity contribution in [3.8, 4) is 0 Å². The maximum Gasteiger partial charge on any atom is 0.433 e. The molecule has 0 aliphatic carbocycles. The summed E-state index contributed by atoms with van der Waals surface area (Å²) in [6, 6.07) is 2.61. The lowest BCUT2D eigenvalue weighted by Crippen LogP contribution is -2.34. The maximum atomic E-state index is 13.3. The van der Waals surface area contributed by atoms with Gasteiger partial charge in [0.2, 0.25) is 5.91 Å². The number of hydrogen-bond donors (Lipinski definition) is 0. The Balaban J connectivity index is 1.34. The average Bonchev–Trinajstić information content (AvgIpc) is 3.51. The van der Waals surface area contributed by atoms with Gasteiger partial charge in [0.25, 0.3) is 0 Å². The van der Waals surface area contributed by atoms with Gasteiger partial charge in [0, 0.05) is 31.5 Å². The average molecular weight is 444 g/mol. The molecule has 0 saturated carbocycles. The van der Waals surface area contributed by atoms with Gasteiger partial charge in [0.05, 0.1) is 18.2 Å². The predicted molar refractivity (Wildman–Crippen MR) is 111 cm³/mol. The highest BCUT2D eigenvalue weighted by molar-refractivity contribution is 5.81. The molecule has 0 radical (unpaired) electrons. The second kappa shape index (κ2) is 7.46. The SMILES string of the molecule is CCc1c(C)c2c(n3ncnc13)CN(C(=O)C1CCN(c3ccnc(C(F)(F)F)c3)C1)C2. The van der Waals surface area contributed by atoms with Crippen LogP contribution >= 0.6 is 0 Å². The van der Waals surface area contributed by atoms with Crippen LogP contribution in [0.1, 0.15) is 41.4 Å². The number of aryl methyl sites for hydroxylation is 1. The first-order valence-electron chi connectivity index (χ1n) is 10.7. The molecule has 1 amide bonds. The normalized spacial score (nSPS) is 18.6. The molecule has 1 fully saturated rings. The van der Waals surface area contributed by atoms with Crippen molar-refractivity contribution in [2.24, 2.45) is 5.92 Å². The monoisotopic (exact) mass is 444 g/mol. The molecule has 0 aromatic carbocycles. The van der Waals surface area contributed by atoms with Gasteiger partial charge in [-0.3, -0.25) is 9.78 Å². The van der Waals surface area contributed by atoms with Crippen LogP contribution in [0.4, 0.5) is 18.9 Å². The molecule has 10 heteroatoms. The van der Waals surface area contributed by atoms with E-state index in [9.17, 15) is 18.0 Å². The molecule has 0 bridgehead atoms. The Labute approximate surface area is 182 Å². The summed E-state index contributed by atoms with van der Waals surface area (Å²) >= 11 is 0. The number of anilines is 1. The van der Waals surface area contributed by atoms with E-state index in [1.165, 1.54) is 12.5 Å². The van der Waals surface area contributed by atoms with Crippen molar-refractivity contribution >= 4 is 17.2 Å². The third-order valence-electron chi connectivity index (χ3n) is 6.62. The number of nitrogens with zero attached hydrogens (tertiary/aromatic N) is 6. The quantitative estimate of drug-likeness (QED) is 0.620. The van der Waals surface area contributed by atoms with Gasteiger partial charge >= 0.3 is 6.18 Å². The summed E-state index contributed by atoms with van der Waals surface area (Å²) in [6.45, 7) is 6.06. The minimum Gasteiger partial charge on any atom is -0.371 e. The van der Waals surface area contributed by atoms with E-state index in [1.807, 2.05) is 14.3 Å². The molecule has 3 aromatic heterocycles. The summed E-state index contributed by atoms with van der Waals surface area (Å²) in [7, 11) is 0. The fourth-order valence-electron chi connectivity index (χ4n) is 4.94. The van der Waals surface area contributed by atoms with Gasteiger partial charge in [-0.05, 0) is 48.6 Å². The molecule has 1 atom stereocenters. The zero-order valence-electron chi connectivity index (χ0n) is 17.9. The molecule has 0 spiro atoms. The van der Waals surface area contributed by atoms with Gasteiger partial charge in [-0.25, -0.2) is 9.50 Å². The van der Waals surface area contributed by atoms with Gasteiger partial charge in [0.1, 0.15) is 12.0 Å². The summed E-state index contributed by atoms with van der Waals surface area (Å²) in [6.07, 6.45) is -0.348. The molecule has 1 unspecified atom stereocenters. The minimum absolute atomic E-state index is 0.0273. The highest BCUT2D eigenvalue weighted by atomic mass is 19.4. The highest BCUT2D eigenvalue weighted by Gasteiger charge is 2.37. The molecule has 32 heavy (non-hydrogen) atoms. The number of carbonyl (C=O) groups excluding carboxylic acids is 1. The lowest BCUT2D eigenvalue weighted by Gasteiger charge is -2.22. The lowest BCUT2D eigenvalue weighted by atomic mass is 10.0. The van der Waals surface area contributed by atoms with E-state index in [4.69, 9.17) is 0 Å². The third kappa shape index (κ3) is 3.28. The summed E-state index contributed by atoms with van der Waals surface area (Å²) in [5.74, 6) is -0.233. The second-order valence-corrected chi connectivity index (χ2v) is 8.40. The number of aromatic nitrogens is 4. The van der Waals surface area contributed by atoms with Crippen molar-refractivity contribution in [3.63, 3.8) is 0 Å². The van der Waals surface area contributed by atoms with Crippen LogP contribution in [-0.4, -0.2) is 43.5 Å². The van der Waals surface area contributed by atoms with Crippen molar-refractivity contribution in [2.45, 2.75) is 46.0 Å². The molecule has 2 aliphatic heterocycles. The Morgan fingerprint density at radius 1 is 1.25 bits per heavy atom. The Hall–Kier alpha value is -3.17. The van der Waals surface area contributed by atoms with Crippen LogP contribution < -0.4 is 4.90 Å². The zero-order valence-corrected chi connectivity index (χ0v) is 17.9. The summed E-state index contributed by atoms with van der Waals surface area (Å²) in [4.78, 5) is 24.8. The van der Waals surface area contributed by atoms with Gasteiger partial charge in [-0.1, -0.05) is 6.92 Å². The number of fused-ring (bicyclic) bond motifs is 3. The summed E-state index contributed by atoms with van der Waals surface area (Å²) < 4.78 is 40.9. The Bertz CT molecular complexity index is 1200. The number of alkyl halides is 3. The van der Waals surface area contributed by atoms with Crippen LogP contribution in [0.25, 0.3) is 5.65 Å². The zero-order chi connectivity index (χ0) is 22.6. The van der Waals surface area contributed by atoms with Crippen molar-refractivity contribution in [2.75, 3.05) is 18.0 Å². The molecule has 5 rings (SSSR count). The maximum absolute atomic E-state index is 13.3. The van der Waals surface area contributed by atoms with E-state index in [1.54, 1.807) is 6.07 Å². The van der Waals surface area contributed by atoms with Crippen LogP contribution in [0.2, 0.25) is 0 Å². The molecule has 3 aromatic rings. The number of hydrogen-bond acceptors (Lipinski definition) is 5. The molecule has 168 valence electrons. The smallest absolute Gasteiger partial charge is 0.371 e. The van der Waals surface area contributed by atoms with Gasteiger partial charge < -0.3 is 9.80 Å². The molecule has 5 heterocycles. The first-order chi connectivity index (χ1) is 15.3. The van der Waals surface area contributed by atoms with Crippen LogP contribution in [-0.2, 0) is 30.5 Å². The van der Waals surface area contributed by atoms with Crippen molar-refractivity contribution in [1.82, 2.24) is 24.5 Å². The molecule has 0 N–H and O–H groups in total. The van der Waals surface area contributed by atoms with E-state index < -0.39 is 11.9 Å². The van der Waals surface area contributed by atoms with Gasteiger partial charge in [-0.2, -0.15) is 18.3 Å². The fourth-order valence-corrected chi connectivity index (χ4v) is 4.94. The van der Waals surface area contributed by atoms with Crippen molar-refractivity contribution < 1.29 is 18.0 Å². The van der Waals surface area contributed by atoms with Crippen molar-refractivity contribution in [1.29, 1.82) is 0 Å². The lowest BCUT2D eigenvalue weighted by molar-refractivity contribution is -0.141. The molecule has 1 saturated heterocycles. The van der Waals surface area contributed by atoms with E-state index in [0.717, 1.165) is 40.5 Å². The van der Waals surface area contributed by atoms with E-state index in [2.05, 4.69) is 28.9 Å². The first-order valence-corrected chi connectivity index (χ1v) is 10.7. The minimum atomic E-state index is -4.49. The molecular weight excluding hydrogens is 421 g/mol. The first kappa shape index (κ1) is 20.7. The van der Waals surface area contributed by atoms with Gasteiger partial charge in [-0.15, -0.1) is 0 Å². The predicted octanol–water partition coefficient (Wildman–Crippen LogP) is 3.38. The summed E-state index contributed by atoms with van der Waals surface area (Å²) in [5, 5.41) is 4.37. The van der Waals surface area contributed by atoms with Crippen LogP contribution in [0.3, 0.4) is 0 Å². The Morgan fingerprint density at radius 3 is 2.81 bits per heavy atom. The molecule has 7 nitrogen and oxygen atoms in total.